The molecule has 0 bridgehead atoms. The monoisotopic (exact) mass is 610 g/mol. The summed E-state index contributed by atoms with van der Waals surface area (Å²) in [5, 5.41) is 9.07. The van der Waals surface area contributed by atoms with Crippen molar-refractivity contribution in [3.63, 3.8) is 0 Å². The Balaban J connectivity index is 0.000000748. The first-order valence-corrected chi connectivity index (χ1v) is 14.1. The van der Waals surface area contributed by atoms with Gasteiger partial charge in [0.15, 0.2) is 0 Å². The van der Waals surface area contributed by atoms with Gasteiger partial charge in [-0.1, -0.05) is 31.5 Å². The molecule has 3 rings (SSSR count). The summed E-state index contributed by atoms with van der Waals surface area (Å²) in [5.41, 5.74) is 7.11. The van der Waals surface area contributed by atoms with Crippen molar-refractivity contribution < 1.29 is 22.7 Å². The number of aromatic nitrogens is 1. The smallest absolute Gasteiger partial charge is 0.417 e. The van der Waals surface area contributed by atoms with Crippen LogP contribution < -0.4 is 31.3 Å². The van der Waals surface area contributed by atoms with Gasteiger partial charge in [0.05, 0.1) is 23.6 Å². The van der Waals surface area contributed by atoms with Crippen LogP contribution in [0.25, 0.3) is 0 Å². The van der Waals surface area contributed by atoms with Crippen LogP contribution in [0.5, 0.6) is 11.5 Å². The fraction of sp³-hybridized carbons (Fsp3) is 0.400. The summed E-state index contributed by atoms with van der Waals surface area (Å²) in [6.45, 7) is 7.94. The van der Waals surface area contributed by atoms with Crippen LogP contribution in [-0.4, -0.2) is 51.3 Å². The Hall–Kier alpha value is -3.70. The number of ether oxygens (including phenoxy) is 1. The molecule has 2 heterocycles. The number of carbonyl (C=O) groups excluding carboxylic acids is 1. The van der Waals surface area contributed by atoms with Crippen LogP contribution in [0.15, 0.2) is 71.6 Å². The van der Waals surface area contributed by atoms with Crippen molar-refractivity contribution in [2.45, 2.75) is 39.8 Å². The molecule has 0 unspecified atom stereocenters. The molecule has 0 spiro atoms. The topological polar surface area (TPSA) is 105 Å². The molecule has 1 aliphatic heterocycles. The third-order valence-corrected chi connectivity index (χ3v) is 6.07. The summed E-state index contributed by atoms with van der Waals surface area (Å²) in [5.74, 6) is 2.15. The first-order chi connectivity index (χ1) is 20.1. The molecule has 0 aliphatic carbocycles. The lowest BCUT2D eigenvalue weighted by Crippen LogP contribution is -2.31. The van der Waals surface area contributed by atoms with E-state index in [-0.39, 0.29) is 12.4 Å². The van der Waals surface area contributed by atoms with E-state index in [4.69, 9.17) is 22.1 Å². The van der Waals surface area contributed by atoms with Gasteiger partial charge >= 0.3 is 6.18 Å². The van der Waals surface area contributed by atoms with E-state index in [0.29, 0.717) is 40.1 Å². The molecular formula is C30H42ClF3N6O2. The van der Waals surface area contributed by atoms with Gasteiger partial charge in [0.2, 0.25) is 0 Å². The van der Waals surface area contributed by atoms with Crippen molar-refractivity contribution in [1.82, 2.24) is 15.6 Å². The molecular weight excluding hydrogens is 569 g/mol. The summed E-state index contributed by atoms with van der Waals surface area (Å²) in [6.07, 6.45) is 4.29. The molecule has 0 saturated carbocycles. The predicted molar refractivity (Wildman–Crippen MR) is 167 cm³/mol. The fourth-order valence-corrected chi connectivity index (χ4v) is 3.83. The number of piperidine rings is 1. The highest BCUT2D eigenvalue weighted by Gasteiger charge is 2.32. The Morgan fingerprint density at radius 1 is 1.21 bits per heavy atom. The number of hydrogen-bond acceptors (Lipinski definition) is 8. The van der Waals surface area contributed by atoms with E-state index < -0.39 is 11.7 Å². The van der Waals surface area contributed by atoms with E-state index in [1.54, 1.807) is 68.5 Å². The third kappa shape index (κ3) is 12.9. The summed E-state index contributed by atoms with van der Waals surface area (Å²) < 4.78 is 44.8. The Kier molecular flexibility index (Phi) is 16.8. The molecule has 5 N–H and O–H groups in total. The van der Waals surface area contributed by atoms with Gasteiger partial charge in [0.1, 0.15) is 23.6 Å². The Labute approximate surface area is 251 Å². The molecule has 2 aromatic rings. The number of rotatable bonds is 10. The number of aldehydes is 1. The third-order valence-electron chi connectivity index (χ3n) is 5.83. The highest BCUT2D eigenvalue weighted by molar-refractivity contribution is 6.26. The van der Waals surface area contributed by atoms with Crippen LogP contribution in [0, 0.1) is 5.92 Å². The average molecular weight is 611 g/mol. The van der Waals surface area contributed by atoms with Gasteiger partial charge in [-0.25, -0.2) is 4.98 Å². The zero-order valence-electron chi connectivity index (χ0n) is 24.8. The van der Waals surface area contributed by atoms with E-state index in [1.165, 1.54) is 6.08 Å². The van der Waals surface area contributed by atoms with Crippen LogP contribution in [0.3, 0.4) is 0 Å². The molecule has 0 amide bonds. The highest BCUT2D eigenvalue weighted by Crippen LogP contribution is 2.31. The number of anilines is 3. The van der Waals surface area contributed by atoms with Crippen molar-refractivity contribution in [1.29, 1.82) is 0 Å². The normalized spacial score (nSPS) is 14.2. The molecule has 1 aromatic heterocycles. The molecule has 232 valence electrons. The number of hydrogen-bond donors (Lipinski definition) is 4. The summed E-state index contributed by atoms with van der Waals surface area (Å²) in [7, 11) is 3.52. The van der Waals surface area contributed by atoms with Gasteiger partial charge in [-0.05, 0) is 63.2 Å². The lowest BCUT2D eigenvalue weighted by Gasteiger charge is -2.23. The van der Waals surface area contributed by atoms with Crippen molar-refractivity contribution in [2.75, 3.05) is 49.8 Å². The second-order valence-corrected chi connectivity index (χ2v) is 9.09. The summed E-state index contributed by atoms with van der Waals surface area (Å²) in [4.78, 5) is 16.0. The predicted octanol–water partition coefficient (Wildman–Crippen LogP) is 6.84. The largest absolute Gasteiger partial charge is 0.457 e. The van der Waals surface area contributed by atoms with Crippen LogP contribution in [-0.2, 0) is 4.79 Å². The maximum absolute atomic E-state index is 13.0. The van der Waals surface area contributed by atoms with Crippen LogP contribution >= 0.6 is 11.6 Å². The number of nitrogens with two attached hydrogens (primary N) is 1. The van der Waals surface area contributed by atoms with Gasteiger partial charge in [-0.2, -0.15) is 13.2 Å². The minimum absolute atomic E-state index is 0.198. The van der Waals surface area contributed by atoms with Crippen molar-refractivity contribution in [2.24, 2.45) is 5.92 Å². The Bertz CT molecular complexity index is 1180. The van der Waals surface area contributed by atoms with E-state index >= 15 is 0 Å². The molecule has 12 heteroatoms. The number of halogens is 4. The maximum atomic E-state index is 13.0. The van der Waals surface area contributed by atoms with Crippen molar-refractivity contribution in [3.05, 3.63) is 71.6 Å². The van der Waals surface area contributed by atoms with Gasteiger partial charge in [-0.3, -0.25) is 0 Å². The molecule has 1 aliphatic rings. The van der Waals surface area contributed by atoms with Crippen LogP contribution in [0.2, 0.25) is 0 Å². The van der Waals surface area contributed by atoms with Crippen LogP contribution in [0.1, 0.15) is 33.6 Å². The van der Waals surface area contributed by atoms with Gasteiger partial charge in [0, 0.05) is 49.6 Å². The van der Waals surface area contributed by atoms with Crippen molar-refractivity contribution in [3.8, 4) is 11.5 Å². The molecule has 0 radical (unpaired) electrons. The molecule has 1 aromatic carbocycles. The fourth-order valence-electron chi connectivity index (χ4n) is 3.65. The van der Waals surface area contributed by atoms with Gasteiger partial charge < -0.3 is 36.1 Å². The lowest BCUT2D eigenvalue weighted by molar-refractivity contribution is -0.111. The number of nitrogen functional groups attached to an aromatic ring is 1. The zero-order valence-corrected chi connectivity index (χ0v) is 25.5. The van der Waals surface area contributed by atoms with Gasteiger partial charge in [0.25, 0.3) is 0 Å². The Morgan fingerprint density at radius 2 is 1.88 bits per heavy atom. The molecule has 42 heavy (non-hydrogen) atoms. The number of nitrogens with one attached hydrogen (secondary N) is 3. The van der Waals surface area contributed by atoms with Crippen molar-refractivity contribution >= 4 is 35.1 Å². The zero-order chi connectivity index (χ0) is 31.5. The van der Waals surface area contributed by atoms with E-state index in [1.807, 2.05) is 13.8 Å². The second kappa shape index (κ2) is 19.4. The number of carbonyl (C=O) groups is 1. The number of nitrogens with zero attached hydrogens (tertiary/aromatic N) is 2. The number of pyridine rings is 1. The Morgan fingerprint density at radius 3 is 2.40 bits per heavy atom. The van der Waals surface area contributed by atoms with E-state index in [9.17, 15) is 18.0 Å². The first kappa shape index (κ1) is 36.3. The second-order valence-electron chi connectivity index (χ2n) is 8.87. The SMILES string of the molecule is CC.C\C=C/C(=C\C(=C\Cl)C(F)(F)F)NCN(C)c1ccc(Oc2ccnc(NC)c2)cc1N.O=CC1CCNCC1. The van der Waals surface area contributed by atoms with E-state index in [0.717, 1.165) is 38.3 Å². The number of allylic oxidation sites excluding steroid dienone is 4. The molecule has 1 fully saturated rings. The molecule has 8 nitrogen and oxygen atoms in total. The summed E-state index contributed by atoms with van der Waals surface area (Å²) in [6, 6.07) is 8.67. The number of alkyl halides is 3. The average Bonchev–Trinajstić information content (AvgIpc) is 2.99. The highest BCUT2D eigenvalue weighted by atomic mass is 35.5. The molecule has 1 saturated heterocycles. The maximum Gasteiger partial charge on any atom is 0.417 e. The van der Waals surface area contributed by atoms with E-state index in [2.05, 4.69) is 20.9 Å². The minimum Gasteiger partial charge on any atom is -0.457 e. The standard InChI is InChI=1S/C22H25ClF3N5O.C6H11NO.C2H6/c1-4-5-16(10-15(13-23)22(24,25)26)30-14-31(3)20-7-6-17(11-19(20)27)32-18-8-9-29-21(12-18)28-2;8-5-6-1-3-7-4-2-6;1-2/h4-13,30H,14,27H2,1-3H3,(H,28,29);5-7H,1-4H2;1-2H3/b5-4-,15-13-,16-10+;;. The number of benzene rings is 1. The lowest BCUT2D eigenvalue weighted by atomic mass is 10.0. The van der Waals surface area contributed by atoms with Crippen LogP contribution in [0.4, 0.5) is 30.4 Å². The quantitative estimate of drug-likeness (QED) is 0.100. The van der Waals surface area contributed by atoms with Gasteiger partial charge in [-0.15, -0.1) is 0 Å². The first-order valence-electron chi connectivity index (χ1n) is 13.6. The minimum atomic E-state index is -4.55. The molecule has 0 atom stereocenters. The summed E-state index contributed by atoms with van der Waals surface area (Å²) >= 11 is 5.34.